The van der Waals surface area contributed by atoms with Gasteiger partial charge in [0.15, 0.2) is 23.1 Å². The molecule has 0 amide bonds. The molecule has 0 bridgehead atoms. The number of benzene rings is 8. The minimum Gasteiger partial charge on any atom is -0.456 e. The Morgan fingerprint density at radius 3 is 1.63 bits per heavy atom. The second-order valence-corrected chi connectivity index (χ2v) is 14.4. The zero-order valence-corrected chi connectivity index (χ0v) is 30.4. The van der Waals surface area contributed by atoms with E-state index in [4.69, 9.17) is 23.8 Å². The van der Waals surface area contributed by atoms with Crippen molar-refractivity contribution in [1.82, 2.24) is 19.5 Å². The number of fused-ring (bicyclic) bond motifs is 10. The van der Waals surface area contributed by atoms with Crippen LogP contribution in [0.25, 0.3) is 117 Å². The highest BCUT2D eigenvalue weighted by Crippen LogP contribution is 2.41. The predicted molar refractivity (Wildman–Crippen MR) is 230 cm³/mol. The molecule has 57 heavy (non-hydrogen) atoms. The summed E-state index contributed by atoms with van der Waals surface area (Å²) in [6.07, 6.45) is 0. The van der Waals surface area contributed by atoms with Crippen LogP contribution in [0.15, 0.2) is 191 Å². The third-order valence-corrected chi connectivity index (χ3v) is 11.0. The standard InChI is InChI=1S/C51H30N4O2/c1-3-12-31(13-4-1)32-14-11-15-33(28-32)49-52-50(34-22-26-45-41(29-34)38-19-8-10-21-44(38)56-45)54-51(53-49)35-23-27-46-42(30-35)40-25-24-39-37-18-7-9-20-43(37)55(47(39)48(40)57-46)36-16-5-2-6-17-36/h1-30H. The Hall–Kier alpha value is -7.83. The summed E-state index contributed by atoms with van der Waals surface area (Å²) in [6.45, 7) is 0. The lowest BCUT2D eigenvalue weighted by Gasteiger charge is -2.10. The maximum atomic E-state index is 6.78. The van der Waals surface area contributed by atoms with Gasteiger partial charge in [-0.3, -0.25) is 0 Å². The summed E-state index contributed by atoms with van der Waals surface area (Å²) in [6, 6.07) is 62.7. The Morgan fingerprint density at radius 2 is 0.877 bits per heavy atom. The number of rotatable bonds is 5. The van der Waals surface area contributed by atoms with Crippen LogP contribution in [0.5, 0.6) is 0 Å². The van der Waals surface area contributed by atoms with E-state index < -0.39 is 0 Å². The molecular weight excluding hydrogens is 701 g/mol. The molecule has 0 fully saturated rings. The zero-order valence-electron chi connectivity index (χ0n) is 30.4. The largest absolute Gasteiger partial charge is 0.456 e. The topological polar surface area (TPSA) is 69.9 Å². The number of aromatic nitrogens is 4. The summed E-state index contributed by atoms with van der Waals surface area (Å²) in [5, 5.41) is 6.42. The molecule has 0 atom stereocenters. The van der Waals surface area contributed by atoms with Crippen LogP contribution < -0.4 is 0 Å². The normalized spacial score (nSPS) is 11.9. The molecule has 6 nitrogen and oxygen atoms in total. The molecule has 0 unspecified atom stereocenters. The maximum Gasteiger partial charge on any atom is 0.164 e. The van der Waals surface area contributed by atoms with Crippen molar-refractivity contribution in [1.29, 1.82) is 0 Å². The highest BCUT2D eigenvalue weighted by molar-refractivity contribution is 6.21. The molecule has 6 heteroatoms. The predicted octanol–water partition coefficient (Wildman–Crippen LogP) is 13.4. The van der Waals surface area contributed by atoms with Crippen molar-refractivity contribution >= 4 is 65.7 Å². The van der Waals surface area contributed by atoms with Crippen LogP contribution in [0.3, 0.4) is 0 Å². The van der Waals surface area contributed by atoms with Crippen LogP contribution in [-0.4, -0.2) is 19.5 Å². The summed E-state index contributed by atoms with van der Waals surface area (Å²) in [7, 11) is 0. The van der Waals surface area contributed by atoms with Crippen molar-refractivity contribution < 1.29 is 8.83 Å². The first-order chi connectivity index (χ1) is 28.2. The Balaban J connectivity index is 1.07. The van der Waals surface area contributed by atoms with Gasteiger partial charge in [0.25, 0.3) is 0 Å². The van der Waals surface area contributed by atoms with Gasteiger partial charge in [-0.15, -0.1) is 0 Å². The molecule has 12 aromatic rings. The Labute approximate surface area is 325 Å². The van der Waals surface area contributed by atoms with Crippen LogP contribution >= 0.6 is 0 Å². The number of para-hydroxylation sites is 3. The van der Waals surface area contributed by atoms with Crippen LogP contribution in [-0.2, 0) is 0 Å². The summed E-state index contributed by atoms with van der Waals surface area (Å²) < 4.78 is 15.3. The maximum absolute atomic E-state index is 6.78. The van der Waals surface area contributed by atoms with E-state index in [1.54, 1.807) is 0 Å². The van der Waals surface area contributed by atoms with E-state index in [1.165, 1.54) is 5.39 Å². The van der Waals surface area contributed by atoms with E-state index in [0.717, 1.165) is 93.8 Å². The summed E-state index contributed by atoms with van der Waals surface area (Å²) in [5.74, 6) is 1.75. The molecular formula is C51H30N4O2. The van der Waals surface area contributed by atoms with Gasteiger partial charge in [0.05, 0.1) is 11.0 Å². The van der Waals surface area contributed by atoms with Gasteiger partial charge in [-0.1, -0.05) is 109 Å². The third kappa shape index (κ3) is 5.01. The lowest BCUT2D eigenvalue weighted by molar-refractivity contribution is 0.669. The van der Waals surface area contributed by atoms with E-state index in [0.29, 0.717) is 17.5 Å². The van der Waals surface area contributed by atoms with Crippen LogP contribution in [0.2, 0.25) is 0 Å². The molecule has 0 aliphatic carbocycles. The average molecular weight is 731 g/mol. The first-order valence-electron chi connectivity index (χ1n) is 19.0. The molecule has 0 radical (unpaired) electrons. The first kappa shape index (κ1) is 31.5. The molecule has 4 aromatic heterocycles. The third-order valence-electron chi connectivity index (χ3n) is 11.0. The van der Waals surface area contributed by atoms with E-state index in [-0.39, 0.29) is 0 Å². The average Bonchev–Trinajstić information content (AvgIpc) is 3.96. The molecule has 12 rings (SSSR count). The fourth-order valence-corrected chi connectivity index (χ4v) is 8.36. The molecule has 4 heterocycles. The van der Waals surface area contributed by atoms with Gasteiger partial charge in [-0.25, -0.2) is 15.0 Å². The number of hydrogen-bond acceptors (Lipinski definition) is 5. The molecule has 0 N–H and O–H groups in total. The van der Waals surface area contributed by atoms with Crippen molar-refractivity contribution in [2.75, 3.05) is 0 Å². The minimum atomic E-state index is 0.577. The first-order valence-corrected chi connectivity index (χ1v) is 19.0. The summed E-state index contributed by atoms with van der Waals surface area (Å²) in [5.41, 5.74) is 11.4. The molecule has 0 aliphatic heterocycles. The highest BCUT2D eigenvalue weighted by atomic mass is 16.3. The van der Waals surface area contributed by atoms with Crippen LogP contribution in [0.4, 0.5) is 0 Å². The monoisotopic (exact) mass is 730 g/mol. The molecule has 0 saturated carbocycles. The van der Waals surface area contributed by atoms with Gasteiger partial charge >= 0.3 is 0 Å². The molecule has 266 valence electrons. The number of nitrogens with zero attached hydrogens (tertiary/aromatic N) is 4. The molecule has 0 aliphatic rings. The van der Waals surface area contributed by atoms with Gasteiger partial charge in [0.2, 0.25) is 0 Å². The van der Waals surface area contributed by atoms with E-state index >= 15 is 0 Å². The van der Waals surface area contributed by atoms with Crippen LogP contribution in [0.1, 0.15) is 0 Å². The smallest absolute Gasteiger partial charge is 0.164 e. The van der Waals surface area contributed by atoms with Crippen molar-refractivity contribution in [3.8, 4) is 51.0 Å². The van der Waals surface area contributed by atoms with Gasteiger partial charge in [0.1, 0.15) is 16.7 Å². The van der Waals surface area contributed by atoms with Crippen molar-refractivity contribution in [2.24, 2.45) is 0 Å². The number of hydrogen-bond donors (Lipinski definition) is 0. The van der Waals surface area contributed by atoms with Crippen LogP contribution in [0, 0.1) is 0 Å². The van der Waals surface area contributed by atoms with E-state index in [9.17, 15) is 0 Å². The Kier molecular flexibility index (Phi) is 6.83. The van der Waals surface area contributed by atoms with E-state index in [1.807, 2.05) is 54.6 Å². The Bertz CT molecular complexity index is 3530. The van der Waals surface area contributed by atoms with Gasteiger partial charge in [-0.05, 0) is 83.9 Å². The van der Waals surface area contributed by atoms with E-state index in [2.05, 4.69) is 132 Å². The Morgan fingerprint density at radius 1 is 0.333 bits per heavy atom. The molecule has 0 saturated heterocycles. The van der Waals surface area contributed by atoms with Gasteiger partial charge in [-0.2, -0.15) is 0 Å². The minimum absolute atomic E-state index is 0.577. The second-order valence-electron chi connectivity index (χ2n) is 14.4. The molecule has 8 aromatic carbocycles. The molecule has 0 spiro atoms. The lowest BCUT2D eigenvalue weighted by atomic mass is 10.0. The van der Waals surface area contributed by atoms with Gasteiger partial charge < -0.3 is 13.4 Å². The van der Waals surface area contributed by atoms with Crippen molar-refractivity contribution in [3.63, 3.8) is 0 Å². The zero-order chi connectivity index (χ0) is 37.5. The quantitative estimate of drug-likeness (QED) is 0.176. The fourth-order valence-electron chi connectivity index (χ4n) is 8.36. The fraction of sp³-hybridized carbons (Fsp3) is 0. The summed E-state index contributed by atoms with van der Waals surface area (Å²) >= 11 is 0. The highest BCUT2D eigenvalue weighted by Gasteiger charge is 2.21. The van der Waals surface area contributed by atoms with Gasteiger partial charge in [0, 0.05) is 54.7 Å². The SMILES string of the molecule is c1ccc(-c2cccc(-c3nc(-c4ccc5oc6ccccc6c5c4)nc(-c4ccc5oc6c(ccc7c8ccccc8n(-c8ccccc8)c76)c5c4)n3)c2)cc1. The number of furan rings is 2. The second kappa shape index (κ2) is 12.3. The lowest BCUT2D eigenvalue weighted by Crippen LogP contribution is -2.00. The summed E-state index contributed by atoms with van der Waals surface area (Å²) in [4.78, 5) is 15.5. The van der Waals surface area contributed by atoms with Crippen molar-refractivity contribution in [3.05, 3.63) is 182 Å². The van der Waals surface area contributed by atoms with Crippen molar-refractivity contribution in [2.45, 2.75) is 0 Å².